The molecule has 0 unspecified atom stereocenters. The van der Waals surface area contributed by atoms with E-state index in [1.807, 2.05) is 25.4 Å². The third-order valence-corrected chi connectivity index (χ3v) is 1.48. The molecule has 0 radical (unpaired) electrons. The molecule has 0 fully saturated rings. The molecule has 0 aliphatic rings. The molecule has 0 atom stereocenters. The molecule has 13 heavy (non-hydrogen) atoms. The van der Waals surface area contributed by atoms with E-state index in [1.165, 1.54) is 0 Å². The summed E-state index contributed by atoms with van der Waals surface area (Å²) in [6.45, 7) is 8.22. The lowest BCUT2D eigenvalue weighted by molar-refractivity contribution is 0.507. The van der Waals surface area contributed by atoms with Crippen molar-refractivity contribution in [3.8, 4) is 0 Å². The van der Waals surface area contributed by atoms with Gasteiger partial charge in [0.15, 0.2) is 0 Å². The van der Waals surface area contributed by atoms with Gasteiger partial charge in [0.25, 0.3) is 0 Å². The highest BCUT2D eigenvalue weighted by Gasteiger charge is 1.92. The SMILES string of the molecule is C=CC/C(C=NC)=C\N(C)CC=C. The molecule has 2 heteroatoms. The highest BCUT2D eigenvalue weighted by molar-refractivity contribution is 5.78. The first-order chi connectivity index (χ1) is 6.24. The van der Waals surface area contributed by atoms with Crippen LogP contribution in [-0.2, 0) is 0 Å². The Balaban J connectivity index is 4.31. The van der Waals surface area contributed by atoms with E-state index < -0.39 is 0 Å². The summed E-state index contributed by atoms with van der Waals surface area (Å²) in [4.78, 5) is 6.04. The summed E-state index contributed by atoms with van der Waals surface area (Å²) in [7, 11) is 3.78. The van der Waals surface area contributed by atoms with Crippen LogP contribution in [0.1, 0.15) is 6.42 Å². The van der Waals surface area contributed by atoms with Gasteiger partial charge in [-0.3, -0.25) is 4.99 Å². The highest BCUT2D eigenvalue weighted by atomic mass is 15.1. The van der Waals surface area contributed by atoms with Crippen molar-refractivity contribution >= 4 is 6.21 Å². The van der Waals surface area contributed by atoms with E-state index in [2.05, 4.69) is 29.3 Å². The summed E-state index contributed by atoms with van der Waals surface area (Å²) in [6.07, 6.45) is 8.48. The van der Waals surface area contributed by atoms with Gasteiger partial charge in [-0.1, -0.05) is 12.2 Å². The van der Waals surface area contributed by atoms with Gasteiger partial charge in [-0.2, -0.15) is 0 Å². The number of likely N-dealkylation sites (N-methyl/N-ethyl adjacent to an activating group) is 1. The Morgan fingerprint density at radius 2 is 2.08 bits per heavy atom. The van der Waals surface area contributed by atoms with Gasteiger partial charge in [-0.25, -0.2) is 0 Å². The van der Waals surface area contributed by atoms with Crippen LogP contribution in [0.5, 0.6) is 0 Å². The minimum atomic E-state index is 0.845. The Morgan fingerprint density at radius 1 is 1.38 bits per heavy atom. The fraction of sp³-hybridized carbons (Fsp3) is 0.364. The van der Waals surface area contributed by atoms with Gasteiger partial charge < -0.3 is 4.90 Å². The molecular formula is C11H18N2. The van der Waals surface area contributed by atoms with Gasteiger partial charge in [0.2, 0.25) is 0 Å². The van der Waals surface area contributed by atoms with Crippen LogP contribution in [0.15, 0.2) is 42.1 Å². The number of aliphatic imine (C=N–C) groups is 1. The van der Waals surface area contributed by atoms with Crippen molar-refractivity contribution in [1.82, 2.24) is 4.90 Å². The molecule has 0 aromatic rings. The van der Waals surface area contributed by atoms with Crippen LogP contribution >= 0.6 is 0 Å². The number of hydrogen-bond acceptors (Lipinski definition) is 2. The Kier molecular flexibility index (Phi) is 6.60. The lowest BCUT2D eigenvalue weighted by atomic mass is 10.2. The smallest absolute Gasteiger partial charge is 0.0348 e. The topological polar surface area (TPSA) is 15.6 Å². The van der Waals surface area contributed by atoms with Gasteiger partial charge in [-0.05, 0) is 12.0 Å². The monoisotopic (exact) mass is 178 g/mol. The summed E-state index contributed by atoms with van der Waals surface area (Å²) in [5, 5.41) is 0. The molecule has 0 heterocycles. The molecule has 0 saturated heterocycles. The second-order valence-corrected chi connectivity index (χ2v) is 2.81. The molecule has 0 N–H and O–H groups in total. The lowest BCUT2D eigenvalue weighted by Crippen LogP contribution is -2.11. The van der Waals surface area contributed by atoms with Crippen molar-refractivity contribution in [2.75, 3.05) is 20.6 Å². The predicted molar refractivity (Wildman–Crippen MR) is 60.1 cm³/mol. The van der Waals surface area contributed by atoms with Crippen molar-refractivity contribution in [2.24, 2.45) is 4.99 Å². The van der Waals surface area contributed by atoms with E-state index in [1.54, 1.807) is 7.05 Å². The quantitative estimate of drug-likeness (QED) is 0.450. The van der Waals surface area contributed by atoms with Crippen LogP contribution in [0.25, 0.3) is 0 Å². The fourth-order valence-electron chi connectivity index (χ4n) is 1.01. The first-order valence-electron chi connectivity index (χ1n) is 4.29. The summed E-state index contributed by atoms with van der Waals surface area (Å²) >= 11 is 0. The molecule has 72 valence electrons. The Morgan fingerprint density at radius 3 is 2.54 bits per heavy atom. The normalized spacial score (nSPS) is 11.7. The summed E-state index contributed by atoms with van der Waals surface area (Å²) in [5.74, 6) is 0. The number of nitrogens with zero attached hydrogens (tertiary/aromatic N) is 2. The first kappa shape index (κ1) is 11.7. The molecule has 0 aliphatic heterocycles. The van der Waals surface area contributed by atoms with Gasteiger partial charge in [0.1, 0.15) is 0 Å². The summed E-state index contributed by atoms with van der Waals surface area (Å²) < 4.78 is 0. The van der Waals surface area contributed by atoms with Crippen LogP contribution in [0.3, 0.4) is 0 Å². The molecule has 0 aromatic carbocycles. The molecule has 0 amide bonds. The maximum absolute atomic E-state index is 3.97. The second-order valence-electron chi connectivity index (χ2n) is 2.81. The van der Waals surface area contributed by atoms with Gasteiger partial charge in [0, 0.05) is 33.1 Å². The van der Waals surface area contributed by atoms with E-state index >= 15 is 0 Å². The Hall–Kier alpha value is -1.31. The van der Waals surface area contributed by atoms with Gasteiger partial charge >= 0.3 is 0 Å². The standard InChI is InChI=1S/C11H18N2/c1-5-7-11(9-12-3)10-13(4)8-6-2/h5-6,9-10H,1-2,7-8H2,3-4H3/b11-10+,12-9?. The predicted octanol–water partition coefficient (Wildman–Crippen LogP) is 2.26. The van der Waals surface area contributed by atoms with E-state index in [-0.39, 0.29) is 0 Å². The van der Waals surface area contributed by atoms with Crippen LogP contribution in [0.2, 0.25) is 0 Å². The minimum absolute atomic E-state index is 0.845. The average molecular weight is 178 g/mol. The minimum Gasteiger partial charge on any atom is -0.376 e. The summed E-state index contributed by atoms with van der Waals surface area (Å²) in [6, 6.07) is 0. The van der Waals surface area contributed by atoms with E-state index in [0.717, 1.165) is 18.5 Å². The van der Waals surface area contributed by atoms with Gasteiger partial charge in [0.05, 0.1) is 0 Å². The molecule has 0 saturated carbocycles. The van der Waals surface area contributed by atoms with Crippen molar-refractivity contribution in [2.45, 2.75) is 6.42 Å². The van der Waals surface area contributed by atoms with Crippen molar-refractivity contribution in [3.63, 3.8) is 0 Å². The molecule has 0 bridgehead atoms. The zero-order chi connectivity index (χ0) is 10.1. The fourth-order valence-corrected chi connectivity index (χ4v) is 1.01. The van der Waals surface area contributed by atoms with Crippen LogP contribution < -0.4 is 0 Å². The van der Waals surface area contributed by atoms with Gasteiger partial charge in [-0.15, -0.1) is 13.2 Å². The summed E-state index contributed by atoms with van der Waals surface area (Å²) in [5.41, 5.74) is 1.15. The first-order valence-corrected chi connectivity index (χ1v) is 4.29. The molecule has 0 aliphatic carbocycles. The molecule has 0 spiro atoms. The largest absolute Gasteiger partial charge is 0.376 e. The number of allylic oxidation sites excluding steroid dienone is 2. The van der Waals surface area contributed by atoms with Crippen LogP contribution in [0.4, 0.5) is 0 Å². The van der Waals surface area contributed by atoms with Crippen LogP contribution in [0, 0.1) is 0 Å². The Bertz CT molecular complexity index is 214. The maximum atomic E-state index is 3.97. The van der Waals surface area contributed by atoms with E-state index in [0.29, 0.717) is 0 Å². The van der Waals surface area contributed by atoms with E-state index in [4.69, 9.17) is 0 Å². The average Bonchev–Trinajstić information content (AvgIpc) is 2.05. The van der Waals surface area contributed by atoms with Crippen molar-refractivity contribution in [3.05, 3.63) is 37.1 Å². The highest BCUT2D eigenvalue weighted by Crippen LogP contribution is 2.00. The zero-order valence-electron chi connectivity index (χ0n) is 8.53. The molecule has 2 nitrogen and oxygen atoms in total. The molecular weight excluding hydrogens is 160 g/mol. The van der Waals surface area contributed by atoms with Crippen molar-refractivity contribution < 1.29 is 0 Å². The maximum Gasteiger partial charge on any atom is 0.0348 e. The lowest BCUT2D eigenvalue weighted by Gasteiger charge is -2.11. The third-order valence-electron chi connectivity index (χ3n) is 1.48. The molecule has 0 aromatic heterocycles. The van der Waals surface area contributed by atoms with Crippen LogP contribution in [-0.4, -0.2) is 31.8 Å². The number of hydrogen-bond donors (Lipinski definition) is 0. The second kappa shape index (κ2) is 7.35. The zero-order valence-corrected chi connectivity index (χ0v) is 8.53. The number of rotatable bonds is 6. The van der Waals surface area contributed by atoms with E-state index in [9.17, 15) is 0 Å². The third kappa shape index (κ3) is 5.91. The van der Waals surface area contributed by atoms with Crippen molar-refractivity contribution in [1.29, 1.82) is 0 Å². The molecule has 0 rings (SSSR count). The Labute approximate surface area is 81.0 Å².